The third-order valence-corrected chi connectivity index (χ3v) is 6.03. The van der Waals surface area contributed by atoms with Crippen LogP contribution in [-0.2, 0) is 4.79 Å². The molecule has 2 aromatic rings. The monoisotopic (exact) mass is 421 g/mol. The van der Waals surface area contributed by atoms with Gasteiger partial charge in [-0.2, -0.15) is 0 Å². The lowest BCUT2D eigenvalue weighted by Crippen LogP contribution is -2.51. The van der Waals surface area contributed by atoms with Crippen molar-refractivity contribution < 1.29 is 4.79 Å². The first-order chi connectivity index (χ1) is 15.0. The summed E-state index contributed by atoms with van der Waals surface area (Å²) in [6.45, 7) is 2.06. The summed E-state index contributed by atoms with van der Waals surface area (Å²) in [5.41, 5.74) is 20.0. The van der Waals surface area contributed by atoms with Crippen LogP contribution in [0, 0.1) is 5.92 Å². The molecule has 8 N–H and O–H groups in total. The standard InChI is InChI=1S/C23H31N7O/c1-14-10-12-20(27-18-9-5-3-7-16(18)24)29-30-22(23(25)31)21(14)28-19-13-11-15-6-2-4-8-17(15)26-19/h2,4,6,8,11-14,16,18,27,29-30H,3,5,7,9-10,24H2,1H3,(H2,25,31)(H,26,28)/b20-12+,22-21?/t14?,16-,18+/m0/s1. The molecule has 1 aromatic carbocycles. The Balaban J connectivity index is 1.54. The lowest BCUT2D eigenvalue weighted by atomic mass is 9.91. The molecule has 0 spiro atoms. The number of hydrazine groups is 1. The summed E-state index contributed by atoms with van der Waals surface area (Å²) in [6, 6.07) is 12.2. The molecule has 1 amide bonds. The van der Waals surface area contributed by atoms with Crippen LogP contribution in [0.15, 0.2) is 59.7 Å². The Morgan fingerprint density at radius 2 is 1.94 bits per heavy atom. The first-order valence-corrected chi connectivity index (χ1v) is 10.9. The number of primary amides is 1. The number of hydrogen-bond donors (Lipinski definition) is 6. The van der Waals surface area contributed by atoms with Crippen molar-refractivity contribution in [3.8, 4) is 0 Å². The zero-order valence-electron chi connectivity index (χ0n) is 17.8. The van der Waals surface area contributed by atoms with Crippen LogP contribution in [0.3, 0.4) is 0 Å². The van der Waals surface area contributed by atoms with Gasteiger partial charge in [0.05, 0.1) is 11.2 Å². The number of fused-ring (bicyclic) bond motifs is 1. The molecule has 1 fully saturated rings. The highest BCUT2D eigenvalue weighted by molar-refractivity contribution is 5.92. The number of nitrogens with one attached hydrogen (secondary N) is 4. The van der Waals surface area contributed by atoms with Gasteiger partial charge in [-0.05, 0) is 43.5 Å². The zero-order valence-corrected chi connectivity index (χ0v) is 17.8. The van der Waals surface area contributed by atoms with Crippen molar-refractivity contribution >= 4 is 22.6 Å². The smallest absolute Gasteiger partial charge is 0.268 e. The molecule has 8 heteroatoms. The topological polar surface area (TPSA) is 130 Å². The van der Waals surface area contributed by atoms with Gasteiger partial charge in [0.2, 0.25) is 0 Å². The van der Waals surface area contributed by atoms with Crippen molar-refractivity contribution in [3.63, 3.8) is 0 Å². The first kappa shape index (κ1) is 21.0. The van der Waals surface area contributed by atoms with Crippen LogP contribution in [0.2, 0.25) is 0 Å². The van der Waals surface area contributed by atoms with Crippen molar-refractivity contribution in [2.75, 3.05) is 5.32 Å². The van der Waals surface area contributed by atoms with Gasteiger partial charge in [-0.15, -0.1) is 0 Å². The zero-order chi connectivity index (χ0) is 21.8. The molecule has 1 aromatic heterocycles. The Labute approximate surface area is 182 Å². The van der Waals surface area contributed by atoms with Gasteiger partial charge in [-0.3, -0.25) is 15.6 Å². The maximum Gasteiger partial charge on any atom is 0.268 e. The average molecular weight is 422 g/mol. The highest BCUT2D eigenvalue weighted by Crippen LogP contribution is 2.24. The van der Waals surface area contributed by atoms with Gasteiger partial charge < -0.3 is 22.1 Å². The average Bonchev–Trinajstić information content (AvgIpc) is 2.76. The van der Waals surface area contributed by atoms with Crippen molar-refractivity contribution in [1.82, 2.24) is 21.2 Å². The number of nitrogens with two attached hydrogens (primary N) is 2. The van der Waals surface area contributed by atoms with Gasteiger partial charge in [0.25, 0.3) is 5.91 Å². The molecule has 8 nitrogen and oxygen atoms in total. The molecule has 1 saturated carbocycles. The maximum absolute atomic E-state index is 12.3. The highest BCUT2D eigenvalue weighted by Gasteiger charge is 2.25. The van der Waals surface area contributed by atoms with Gasteiger partial charge in [0.15, 0.2) is 0 Å². The fourth-order valence-electron chi connectivity index (χ4n) is 4.19. The van der Waals surface area contributed by atoms with E-state index in [0.717, 1.165) is 29.6 Å². The van der Waals surface area contributed by atoms with Crippen LogP contribution in [0.5, 0.6) is 0 Å². The van der Waals surface area contributed by atoms with Gasteiger partial charge in [-0.25, -0.2) is 4.98 Å². The summed E-state index contributed by atoms with van der Waals surface area (Å²) >= 11 is 0. The Morgan fingerprint density at radius 1 is 1.13 bits per heavy atom. The Morgan fingerprint density at radius 3 is 2.74 bits per heavy atom. The number of carbonyl (C=O) groups is 1. The number of rotatable bonds is 5. The molecule has 0 saturated heterocycles. The molecule has 2 heterocycles. The fourth-order valence-corrected chi connectivity index (χ4v) is 4.19. The number of allylic oxidation sites excluding steroid dienone is 2. The molecule has 31 heavy (non-hydrogen) atoms. The predicted molar refractivity (Wildman–Crippen MR) is 123 cm³/mol. The van der Waals surface area contributed by atoms with E-state index in [1.54, 1.807) is 0 Å². The Bertz CT molecular complexity index is 1020. The van der Waals surface area contributed by atoms with Gasteiger partial charge in [0.1, 0.15) is 17.3 Å². The number of hydrogen-bond acceptors (Lipinski definition) is 7. The van der Waals surface area contributed by atoms with E-state index in [9.17, 15) is 4.79 Å². The quantitative estimate of drug-likeness (QED) is 0.436. The number of pyridine rings is 1. The van der Waals surface area contributed by atoms with Crippen LogP contribution in [0.4, 0.5) is 5.82 Å². The number of anilines is 1. The molecular weight excluding hydrogens is 390 g/mol. The Kier molecular flexibility index (Phi) is 6.27. The molecule has 4 rings (SSSR count). The van der Waals surface area contributed by atoms with E-state index in [1.165, 1.54) is 12.8 Å². The van der Waals surface area contributed by atoms with E-state index in [2.05, 4.69) is 39.5 Å². The third-order valence-electron chi connectivity index (χ3n) is 6.03. The number of aromatic nitrogens is 1. The normalized spacial score (nSPS) is 26.0. The molecule has 1 aliphatic heterocycles. The largest absolute Gasteiger partial charge is 0.367 e. The van der Waals surface area contributed by atoms with E-state index >= 15 is 0 Å². The van der Waals surface area contributed by atoms with E-state index < -0.39 is 5.91 Å². The predicted octanol–water partition coefficient (Wildman–Crippen LogP) is 2.18. The second kappa shape index (κ2) is 9.26. The van der Waals surface area contributed by atoms with Crippen LogP contribution in [-0.4, -0.2) is 23.0 Å². The minimum Gasteiger partial charge on any atom is -0.367 e. The second-order valence-electron chi connectivity index (χ2n) is 8.37. The molecule has 3 atom stereocenters. The molecule has 2 aliphatic rings. The van der Waals surface area contributed by atoms with Crippen LogP contribution < -0.4 is 33.0 Å². The highest BCUT2D eigenvalue weighted by atomic mass is 16.1. The summed E-state index contributed by atoms with van der Waals surface area (Å²) in [5.74, 6) is 0.952. The van der Waals surface area contributed by atoms with E-state index in [4.69, 9.17) is 11.5 Å². The summed E-state index contributed by atoms with van der Waals surface area (Å²) in [4.78, 5) is 16.9. The molecule has 0 bridgehead atoms. The summed E-state index contributed by atoms with van der Waals surface area (Å²) in [5, 5.41) is 7.87. The van der Waals surface area contributed by atoms with E-state index in [0.29, 0.717) is 23.6 Å². The Hall–Kier alpha value is -3.26. The number of carbonyl (C=O) groups excluding carboxylic acids is 1. The van der Waals surface area contributed by atoms with Crippen molar-refractivity contribution in [3.05, 3.63) is 59.7 Å². The van der Waals surface area contributed by atoms with Crippen molar-refractivity contribution in [1.29, 1.82) is 0 Å². The second-order valence-corrected chi connectivity index (χ2v) is 8.37. The van der Waals surface area contributed by atoms with Crippen molar-refractivity contribution in [2.45, 2.75) is 51.1 Å². The number of benzene rings is 1. The maximum atomic E-state index is 12.3. The van der Waals surface area contributed by atoms with Gasteiger partial charge in [0, 0.05) is 23.4 Å². The SMILES string of the molecule is CC1C/C=C(\N[C@@H]2CCCC[C@@H]2N)NNC(C(N)=O)=C1Nc1ccc2ccccc2n1. The molecule has 164 valence electrons. The first-order valence-electron chi connectivity index (χ1n) is 10.9. The van der Waals surface area contributed by atoms with E-state index in [1.807, 2.05) is 36.4 Å². The lowest BCUT2D eigenvalue weighted by molar-refractivity contribution is -0.115. The van der Waals surface area contributed by atoms with Gasteiger partial charge in [-0.1, -0.05) is 38.0 Å². The molecule has 1 unspecified atom stereocenters. The molecule has 1 aliphatic carbocycles. The van der Waals surface area contributed by atoms with Gasteiger partial charge >= 0.3 is 0 Å². The van der Waals surface area contributed by atoms with Crippen LogP contribution in [0.1, 0.15) is 39.0 Å². The minimum absolute atomic E-state index is 0.0159. The number of amides is 1. The summed E-state index contributed by atoms with van der Waals surface area (Å²) in [6.07, 6.45) is 7.20. The fraction of sp³-hybridized carbons (Fsp3) is 0.391. The minimum atomic E-state index is -0.543. The van der Waals surface area contributed by atoms with Crippen LogP contribution in [0.25, 0.3) is 10.9 Å². The van der Waals surface area contributed by atoms with Crippen molar-refractivity contribution in [2.24, 2.45) is 17.4 Å². The van der Waals surface area contributed by atoms with E-state index in [-0.39, 0.29) is 18.0 Å². The number of para-hydroxylation sites is 1. The lowest BCUT2D eigenvalue weighted by Gasteiger charge is -2.32. The summed E-state index contributed by atoms with van der Waals surface area (Å²) < 4.78 is 0. The third kappa shape index (κ3) is 4.91. The van der Waals surface area contributed by atoms with Crippen LogP contribution >= 0.6 is 0 Å². The molecular formula is C23H31N7O. The number of nitrogens with zero attached hydrogens (tertiary/aromatic N) is 1. The molecule has 0 radical (unpaired) electrons. The summed E-state index contributed by atoms with van der Waals surface area (Å²) in [7, 11) is 0.